The fraction of sp³-hybridized carbons (Fsp3) is 0.409. The number of hydrogen-bond donors (Lipinski definition) is 2. The third kappa shape index (κ3) is 7.05. The Kier molecular flexibility index (Phi) is 9.96. The smallest absolute Gasteiger partial charge is 0.251 e. The van der Waals surface area contributed by atoms with E-state index in [4.69, 9.17) is 0 Å². The molecule has 1 aromatic heterocycles. The number of halogens is 2. The number of aromatic nitrogens is 1. The molecule has 0 spiro atoms. The largest absolute Gasteiger partial charge is 0.357 e. The van der Waals surface area contributed by atoms with Gasteiger partial charge >= 0.3 is 0 Å². The summed E-state index contributed by atoms with van der Waals surface area (Å²) < 4.78 is 13.6. The summed E-state index contributed by atoms with van der Waals surface area (Å²) in [6.07, 6.45) is 1.81. The van der Waals surface area contributed by atoms with Crippen LogP contribution in [0.25, 0.3) is 0 Å². The first-order chi connectivity index (χ1) is 14.6. The summed E-state index contributed by atoms with van der Waals surface area (Å²) >= 11 is 0. The molecule has 168 valence electrons. The molecule has 1 saturated heterocycles. The lowest BCUT2D eigenvalue weighted by molar-refractivity contribution is 0.0954. The molecule has 2 N–H and O–H groups in total. The van der Waals surface area contributed by atoms with E-state index in [9.17, 15) is 9.18 Å². The molecule has 0 saturated carbocycles. The van der Waals surface area contributed by atoms with Gasteiger partial charge in [0.1, 0.15) is 11.6 Å². The summed E-state index contributed by atoms with van der Waals surface area (Å²) in [5.41, 5.74) is 0.842. The van der Waals surface area contributed by atoms with E-state index < -0.39 is 0 Å². The Bertz CT molecular complexity index is 872. The van der Waals surface area contributed by atoms with Crippen molar-refractivity contribution in [1.29, 1.82) is 0 Å². The number of guanidine groups is 1. The summed E-state index contributed by atoms with van der Waals surface area (Å²) in [6, 6.07) is 10.4. The number of aliphatic imine (C=N–C) groups is 1. The first kappa shape index (κ1) is 24.8. The number of pyridine rings is 1. The van der Waals surface area contributed by atoms with Gasteiger partial charge in [-0.25, -0.2) is 9.37 Å². The molecule has 31 heavy (non-hydrogen) atoms. The summed E-state index contributed by atoms with van der Waals surface area (Å²) in [7, 11) is 0. The number of nitrogens with one attached hydrogen (secondary N) is 2. The molecule has 0 radical (unpaired) electrons. The van der Waals surface area contributed by atoms with E-state index in [2.05, 4.69) is 30.4 Å². The minimum Gasteiger partial charge on any atom is -0.357 e. The van der Waals surface area contributed by atoms with Crippen LogP contribution in [-0.2, 0) is 0 Å². The van der Waals surface area contributed by atoms with Gasteiger partial charge in [0, 0.05) is 51.0 Å². The second kappa shape index (κ2) is 12.4. The van der Waals surface area contributed by atoms with Crippen LogP contribution in [0.3, 0.4) is 0 Å². The number of benzene rings is 1. The van der Waals surface area contributed by atoms with Gasteiger partial charge in [0.15, 0.2) is 5.96 Å². The minimum absolute atomic E-state index is 0. The van der Waals surface area contributed by atoms with Crippen molar-refractivity contribution in [3.63, 3.8) is 0 Å². The Morgan fingerprint density at radius 3 is 2.58 bits per heavy atom. The molecule has 2 aromatic rings. The lowest BCUT2D eigenvalue weighted by Crippen LogP contribution is -2.52. The Morgan fingerprint density at radius 1 is 1.16 bits per heavy atom. The number of carbonyl (C=O) groups is 1. The number of anilines is 1. The second-order valence-electron chi connectivity index (χ2n) is 7.12. The van der Waals surface area contributed by atoms with Gasteiger partial charge < -0.3 is 20.4 Å². The lowest BCUT2D eigenvalue weighted by Gasteiger charge is -2.37. The number of hydrogen-bond acceptors (Lipinski definition) is 4. The number of piperazine rings is 1. The molecule has 0 aliphatic carbocycles. The van der Waals surface area contributed by atoms with Gasteiger partial charge in [-0.05, 0) is 43.7 Å². The summed E-state index contributed by atoms with van der Waals surface area (Å²) in [4.78, 5) is 25.7. The lowest BCUT2D eigenvalue weighted by atomic mass is 10.1. The molecule has 0 atom stereocenters. The van der Waals surface area contributed by atoms with Crippen LogP contribution in [-0.4, -0.2) is 67.6 Å². The number of nitrogens with zero attached hydrogens (tertiary/aromatic N) is 4. The summed E-state index contributed by atoms with van der Waals surface area (Å²) in [5.74, 6) is 1.17. The molecule has 1 aromatic carbocycles. The van der Waals surface area contributed by atoms with E-state index in [0.29, 0.717) is 24.2 Å². The quantitative estimate of drug-likeness (QED) is 0.255. The van der Waals surface area contributed by atoms with Crippen molar-refractivity contribution in [3.8, 4) is 0 Å². The van der Waals surface area contributed by atoms with E-state index in [1.165, 1.54) is 6.07 Å². The molecular formula is C22H30FIN6O. The standard InChI is InChI=1S/C22H29FN6O.HI/c1-3-24-22(29-14-12-28(13-15-29)20-6-4-5-9-25-20)27-11-10-26-21(30)18-8-7-17(2)19(23)16-18;/h4-9,16H,3,10-15H2,1-2H3,(H,24,27)(H,26,30);1H. The van der Waals surface area contributed by atoms with Crippen molar-refractivity contribution in [1.82, 2.24) is 20.5 Å². The van der Waals surface area contributed by atoms with Gasteiger partial charge in [-0.2, -0.15) is 0 Å². The molecular weight excluding hydrogens is 510 g/mol. The van der Waals surface area contributed by atoms with Gasteiger partial charge in [0.25, 0.3) is 5.91 Å². The van der Waals surface area contributed by atoms with Crippen molar-refractivity contribution in [2.45, 2.75) is 13.8 Å². The first-order valence-corrected chi connectivity index (χ1v) is 10.3. The highest BCUT2D eigenvalue weighted by atomic mass is 127. The fourth-order valence-corrected chi connectivity index (χ4v) is 3.28. The Morgan fingerprint density at radius 2 is 1.94 bits per heavy atom. The zero-order valence-electron chi connectivity index (χ0n) is 18.0. The maximum absolute atomic E-state index is 13.6. The third-order valence-electron chi connectivity index (χ3n) is 4.98. The monoisotopic (exact) mass is 540 g/mol. The fourth-order valence-electron chi connectivity index (χ4n) is 3.28. The molecule has 1 fully saturated rings. The normalized spacial score (nSPS) is 14.1. The zero-order valence-corrected chi connectivity index (χ0v) is 20.3. The van der Waals surface area contributed by atoms with Crippen LogP contribution in [0.1, 0.15) is 22.8 Å². The van der Waals surface area contributed by atoms with Crippen LogP contribution in [0.4, 0.5) is 10.2 Å². The molecule has 1 aliphatic heterocycles. The van der Waals surface area contributed by atoms with Gasteiger partial charge in [0.2, 0.25) is 0 Å². The predicted molar refractivity (Wildman–Crippen MR) is 133 cm³/mol. The highest BCUT2D eigenvalue weighted by Crippen LogP contribution is 2.12. The predicted octanol–water partition coefficient (Wildman–Crippen LogP) is 2.66. The molecule has 0 bridgehead atoms. The second-order valence-corrected chi connectivity index (χ2v) is 7.12. The molecule has 7 nitrogen and oxygen atoms in total. The highest BCUT2D eigenvalue weighted by Gasteiger charge is 2.20. The average Bonchev–Trinajstić information content (AvgIpc) is 2.78. The molecule has 1 amide bonds. The van der Waals surface area contributed by atoms with Crippen molar-refractivity contribution in [2.75, 3.05) is 50.7 Å². The van der Waals surface area contributed by atoms with Crippen LogP contribution < -0.4 is 15.5 Å². The van der Waals surface area contributed by atoms with E-state index in [0.717, 1.165) is 44.5 Å². The SMILES string of the molecule is CCNC(=NCCNC(=O)c1ccc(C)c(F)c1)N1CCN(c2ccccn2)CC1.I. The molecule has 1 aliphatic rings. The van der Waals surface area contributed by atoms with Crippen molar-refractivity contribution < 1.29 is 9.18 Å². The van der Waals surface area contributed by atoms with Crippen LogP contribution in [0.2, 0.25) is 0 Å². The van der Waals surface area contributed by atoms with Crippen LogP contribution in [0.5, 0.6) is 0 Å². The molecule has 3 rings (SSSR count). The number of amides is 1. The van der Waals surface area contributed by atoms with Gasteiger partial charge in [-0.15, -0.1) is 24.0 Å². The van der Waals surface area contributed by atoms with E-state index in [1.54, 1.807) is 19.1 Å². The highest BCUT2D eigenvalue weighted by molar-refractivity contribution is 14.0. The topological polar surface area (TPSA) is 72.9 Å². The number of aryl methyl sites for hydroxylation is 1. The Hall–Kier alpha value is -2.43. The van der Waals surface area contributed by atoms with Crippen LogP contribution in [0, 0.1) is 12.7 Å². The first-order valence-electron chi connectivity index (χ1n) is 10.3. The average molecular weight is 540 g/mol. The van der Waals surface area contributed by atoms with E-state index in [-0.39, 0.29) is 35.7 Å². The Balaban J connectivity index is 0.00000341. The maximum Gasteiger partial charge on any atom is 0.251 e. The summed E-state index contributed by atoms with van der Waals surface area (Å²) in [6.45, 7) is 8.74. The summed E-state index contributed by atoms with van der Waals surface area (Å²) in [5, 5.41) is 6.12. The minimum atomic E-state index is -0.375. The molecule has 2 heterocycles. The third-order valence-corrected chi connectivity index (χ3v) is 4.98. The van der Waals surface area contributed by atoms with Crippen molar-refractivity contribution in [3.05, 3.63) is 59.5 Å². The number of rotatable bonds is 6. The number of carbonyl (C=O) groups excluding carboxylic acids is 1. The van der Waals surface area contributed by atoms with Crippen molar-refractivity contribution in [2.24, 2.45) is 4.99 Å². The molecule has 9 heteroatoms. The van der Waals surface area contributed by atoms with E-state index >= 15 is 0 Å². The van der Waals surface area contributed by atoms with E-state index in [1.807, 2.05) is 31.3 Å². The maximum atomic E-state index is 13.6. The van der Waals surface area contributed by atoms with Crippen molar-refractivity contribution >= 4 is 41.7 Å². The Labute approximate surface area is 200 Å². The zero-order chi connectivity index (χ0) is 21.3. The van der Waals surface area contributed by atoms with Gasteiger partial charge in [-0.3, -0.25) is 9.79 Å². The molecule has 0 unspecified atom stereocenters. The van der Waals surface area contributed by atoms with Crippen LogP contribution >= 0.6 is 24.0 Å². The van der Waals surface area contributed by atoms with Crippen LogP contribution in [0.15, 0.2) is 47.6 Å². The van der Waals surface area contributed by atoms with Gasteiger partial charge in [0.05, 0.1) is 6.54 Å². The van der Waals surface area contributed by atoms with Gasteiger partial charge in [-0.1, -0.05) is 12.1 Å².